The van der Waals surface area contributed by atoms with Crippen LogP contribution in [-0.2, 0) is 9.53 Å². The van der Waals surface area contributed by atoms with Gasteiger partial charge in [0.05, 0.1) is 0 Å². The molecule has 0 spiro atoms. The second-order valence-electron chi connectivity index (χ2n) is 4.96. The van der Waals surface area contributed by atoms with E-state index < -0.39 is 18.1 Å². The Bertz CT molecular complexity index is 853. The van der Waals surface area contributed by atoms with Gasteiger partial charge in [-0.25, -0.2) is 14.2 Å². The minimum atomic E-state index is -4.77. The number of hydrogen-bond donors (Lipinski definition) is 0. The van der Waals surface area contributed by atoms with Crippen LogP contribution in [0.15, 0.2) is 59.2 Å². The molecule has 0 amide bonds. The first-order valence-corrected chi connectivity index (χ1v) is 6.94. The van der Waals surface area contributed by atoms with E-state index in [1.54, 1.807) is 0 Å². The minimum absolute atomic E-state index is 0.0216. The van der Waals surface area contributed by atoms with Crippen molar-refractivity contribution < 1.29 is 31.8 Å². The molecule has 4 nitrogen and oxygen atoms in total. The number of hydrogen-bond acceptors (Lipinski definition) is 4. The average molecular weight is 351 g/mol. The quantitative estimate of drug-likeness (QED) is 0.476. The molecule has 0 N–H and O–H groups in total. The highest BCUT2D eigenvalue weighted by Crippen LogP contribution is 2.24. The van der Waals surface area contributed by atoms with Crippen LogP contribution in [-0.4, -0.2) is 18.2 Å². The first-order chi connectivity index (χ1) is 11.8. The predicted octanol–water partition coefficient (Wildman–Crippen LogP) is 4.07. The van der Waals surface area contributed by atoms with E-state index in [4.69, 9.17) is 4.74 Å². The molecule has 0 saturated heterocycles. The SMILES string of the molecule is O=C1OC(c2ccc(F)cc2)=N/C1=C\c1ccc(OC(F)(F)F)cc1. The Morgan fingerprint density at radius 3 is 2.24 bits per heavy atom. The third-order valence-corrected chi connectivity index (χ3v) is 3.13. The molecule has 0 aliphatic carbocycles. The fourth-order valence-corrected chi connectivity index (χ4v) is 2.05. The predicted molar refractivity (Wildman–Crippen MR) is 80.1 cm³/mol. The molecule has 25 heavy (non-hydrogen) atoms. The minimum Gasteiger partial charge on any atom is -0.406 e. The van der Waals surface area contributed by atoms with Gasteiger partial charge in [0, 0.05) is 5.56 Å². The van der Waals surface area contributed by atoms with Crippen LogP contribution < -0.4 is 4.74 Å². The van der Waals surface area contributed by atoms with Crippen LogP contribution in [0.1, 0.15) is 11.1 Å². The third-order valence-electron chi connectivity index (χ3n) is 3.13. The van der Waals surface area contributed by atoms with Gasteiger partial charge in [-0.2, -0.15) is 0 Å². The lowest BCUT2D eigenvalue weighted by molar-refractivity contribution is -0.274. The van der Waals surface area contributed by atoms with E-state index in [1.807, 2.05) is 0 Å². The smallest absolute Gasteiger partial charge is 0.406 e. The van der Waals surface area contributed by atoms with Crippen LogP contribution >= 0.6 is 0 Å². The lowest BCUT2D eigenvalue weighted by Gasteiger charge is -2.08. The maximum atomic E-state index is 12.9. The van der Waals surface area contributed by atoms with E-state index in [0.29, 0.717) is 11.1 Å². The molecule has 2 aromatic rings. The van der Waals surface area contributed by atoms with Gasteiger partial charge in [0.15, 0.2) is 5.70 Å². The number of halogens is 4. The molecule has 3 rings (SSSR count). The molecule has 1 aliphatic heterocycles. The van der Waals surface area contributed by atoms with Gasteiger partial charge in [0.25, 0.3) is 0 Å². The highest BCUT2D eigenvalue weighted by atomic mass is 19.4. The van der Waals surface area contributed by atoms with Crippen molar-refractivity contribution in [3.63, 3.8) is 0 Å². The van der Waals surface area contributed by atoms with E-state index in [-0.39, 0.29) is 17.3 Å². The molecule has 0 saturated carbocycles. The molecule has 1 heterocycles. The summed E-state index contributed by atoms with van der Waals surface area (Å²) in [4.78, 5) is 15.8. The summed E-state index contributed by atoms with van der Waals surface area (Å²) in [6, 6.07) is 10.1. The number of ether oxygens (including phenoxy) is 2. The standard InChI is InChI=1S/C17H9F4NO3/c18-12-5-3-11(4-6-12)15-22-14(16(23)24-15)9-10-1-7-13(8-2-10)25-17(19,20)21/h1-9H/b14-9-. The Labute approximate surface area is 139 Å². The van der Waals surface area contributed by atoms with Gasteiger partial charge in [-0.05, 0) is 48.0 Å². The largest absolute Gasteiger partial charge is 0.573 e. The molecule has 0 bridgehead atoms. The zero-order valence-electron chi connectivity index (χ0n) is 12.4. The topological polar surface area (TPSA) is 47.9 Å². The molecule has 0 aromatic heterocycles. The summed E-state index contributed by atoms with van der Waals surface area (Å²) >= 11 is 0. The lowest BCUT2D eigenvalue weighted by Crippen LogP contribution is -2.16. The van der Waals surface area contributed by atoms with Gasteiger partial charge in [0.2, 0.25) is 5.90 Å². The highest BCUT2D eigenvalue weighted by Gasteiger charge is 2.31. The summed E-state index contributed by atoms with van der Waals surface area (Å²) in [5, 5.41) is 0. The van der Waals surface area contributed by atoms with Crippen LogP contribution in [0.3, 0.4) is 0 Å². The Morgan fingerprint density at radius 1 is 1.00 bits per heavy atom. The highest BCUT2D eigenvalue weighted by molar-refractivity contribution is 6.12. The van der Waals surface area contributed by atoms with E-state index in [1.165, 1.54) is 42.5 Å². The summed E-state index contributed by atoms with van der Waals surface area (Å²) in [5.41, 5.74) is 0.835. The molecule has 2 aromatic carbocycles. The van der Waals surface area contributed by atoms with Crippen molar-refractivity contribution in [1.29, 1.82) is 0 Å². The van der Waals surface area contributed by atoms with Gasteiger partial charge in [-0.1, -0.05) is 12.1 Å². The van der Waals surface area contributed by atoms with E-state index in [2.05, 4.69) is 9.73 Å². The Balaban J connectivity index is 1.81. The number of carbonyl (C=O) groups is 1. The van der Waals surface area contributed by atoms with Crippen molar-refractivity contribution in [2.75, 3.05) is 0 Å². The Kier molecular flexibility index (Phi) is 4.26. The number of cyclic esters (lactones) is 1. The Morgan fingerprint density at radius 2 is 1.64 bits per heavy atom. The number of alkyl halides is 3. The second kappa shape index (κ2) is 6.39. The maximum Gasteiger partial charge on any atom is 0.573 e. The molecule has 0 atom stereocenters. The summed E-state index contributed by atoms with van der Waals surface area (Å²) in [7, 11) is 0. The first-order valence-electron chi connectivity index (χ1n) is 6.94. The molecule has 1 aliphatic rings. The second-order valence-corrected chi connectivity index (χ2v) is 4.96. The molecular formula is C17H9F4NO3. The number of benzene rings is 2. The van der Waals surface area contributed by atoms with Gasteiger partial charge < -0.3 is 9.47 Å². The van der Waals surface area contributed by atoms with Crippen LogP contribution in [0.5, 0.6) is 5.75 Å². The average Bonchev–Trinajstić information content (AvgIpc) is 2.89. The zero-order valence-corrected chi connectivity index (χ0v) is 12.4. The van der Waals surface area contributed by atoms with Gasteiger partial charge in [-0.3, -0.25) is 0 Å². The van der Waals surface area contributed by atoms with Crippen LogP contribution in [0.2, 0.25) is 0 Å². The fraction of sp³-hybridized carbons (Fsp3) is 0.0588. The zero-order chi connectivity index (χ0) is 18.0. The summed E-state index contributed by atoms with van der Waals surface area (Å²) in [6.45, 7) is 0. The van der Waals surface area contributed by atoms with E-state index >= 15 is 0 Å². The van der Waals surface area contributed by atoms with Gasteiger partial charge >= 0.3 is 12.3 Å². The number of rotatable bonds is 3. The summed E-state index contributed by atoms with van der Waals surface area (Å²) in [6.07, 6.45) is -3.42. The van der Waals surface area contributed by atoms with Crippen molar-refractivity contribution >= 4 is 17.9 Å². The van der Waals surface area contributed by atoms with Crippen LogP contribution in [0, 0.1) is 5.82 Å². The van der Waals surface area contributed by atoms with Crippen LogP contribution in [0.4, 0.5) is 17.6 Å². The van der Waals surface area contributed by atoms with Crippen molar-refractivity contribution in [1.82, 2.24) is 0 Å². The molecule has 0 unspecified atom stereocenters. The van der Waals surface area contributed by atoms with Gasteiger partial charge in [-0.15, -0.1) is 13.2 Å². The fourth-order valence-electron chi connectivity index (χ4n) is 2.05. The third kappa shape index (κ3) is 4.23. The first kappa shape index (κ1) is 16.7. The van der Waals surface area contributed by atoms with Crippen LogP contribution in [0.25, 0.3) is 6.08 Å². The molecule has 8 heteroatoms. The van der Waals surface area contributed by atoms with Crippen molar-refractivity contribution in [2.45, 2.75) is 6.36 Å². The van der Waals surface area contributed by atoms with Crippen molar-refractivity contribution in [3.05, 3.63) is 71.2 Å². The molecular weight excluding hydrogens is 342 g/mol. The number of aliphatic imine (C=N–C) groups is 1. The lowest BCUT2D eigenvalue weighted by atomic mass is 10.2. The Hall–Kier alpha value is -3.16. The molecule has 0 radical (unpaired) electrons. The number of carbonyl (C=O) groups excluding carboxylic acids is 1. The summed E-state index contributed by atoms with van der Waals surface area (Å²) < 4.78 is 58.0. The van der Waals surface area contributed by atoms with E-state index in [0.717, 1.165) is 12.1 Å². The van der Waals surface area contributed by atoms with Gasteiger partial charge in [0.1, 0.15) is 11.6 Å². The molecule has 0 fully saturated rings. The summed E-state index contributed by atoms with van der Waals surface area (Å²) in [5.74, 6) is -1.51. The number of esters is 1. The van der Waals surface area contributed by atoms with Crippen molar-refractivity contribution in [2.24, 2.45) is 4.99 Å². The molecule has 128 valence electrons. The van der Waals surface area contributed by atoms with E-state index in [9.17, 15) is 22.4 Å². The number of nitrogens with zero attached hydrogens (tertiary/aromatic N) is 1. The van der Waals surface area contributed by atoms with Crippen molar-refractivity contribution in [3.8, 4) is 5.75 Å². The normalized spacial score (nSPS) is 15.9. The monoisotopic (exact) mass is 351 g/mol. The maximum absolute atomic E-state index is 12.9.